The van der Waals surface area contributed by atoms with Crippen molar-refractivity contribution in [2.24, 2.45) is 5.41 Å². The topological polar surface area (TPSA) is 72.9 Å². The highest BCUT2D eigenvalue weighted by Gasteiger charge is 2.72. The van der Waals surface area contributed by atoms with E-state index in [0.29, 0.717) is 33.1 Å². The smallest absolute Gasteiger partial charge is 0.195 e. The SMILES string of the molecule is COc1cccc(C2C(C(=O)c3cccs3)N3c4ccccc4C=CC3C23C(=O)c2ccccc2C3=O)c1OC. The molecule has 3 atom stereocenters. The quantitative estimate of drug-likeness (QED) is 0.223. The number of methoxy groups -OCH3 is 2. The summed E-state index contributed by atoms with van der Waals surface area (Å²) in [6.07, 6.45) is 3.88. The van der Waals surface area contributed by atoms with Gasteiger partial charge in [0.05, 0.1) is 25.1 Å². The minimum absolute atomic E-state index is 0.145. The van der Waals surface area contributed by atoms with Crippen molar-refractivity contribution in [2.75, 3.05) is 19.1 Å². The number of rotatable bonds is 5. The van der Waals surface area contributed by atoms with Crippen molar-refractivity contribution in [3.8, 4) is 11.5 Å². The Morgan fingerprint density at radius 3 is 2.25 bits per heavy atom. The first kappa shape index (κ1) is 24.5. The van der Waals surface area contributed by atoms with E-state index in [1.54, 1.807) is 43.5 Å². The Hall–Kier alpha value is -4.49. The highest BCUT2D eigenvalue weighted by molar-refractivity contribution is 7.12. The van der Waals surface area contributed by atoms with E-state index in [1.807, 2.05) is 64.9 Å². The molecule has 2 aliphatic heterocycles. The fourth-order valence-corrected chi connectivity index (χ4v) is 7.68. The molecule has 1 aromatic heterocycles. The molecule has 6 nitrogen and oxygen atoms in total. The molecule has 1 fully saturated rings. The number of anilines is 1. The molecule has 0 bridgehead atoms. The summed E-state index contributed by atoms with van der Waals surface area (Å²) in [5.41, 5.74) is 1.50. The van der Waals surface area contributed by atoms with Gasteiger partial charge in [-0.25, -0.2) is 0 Å². The summed E-state index contributed by atoms with van der Waals surface area (Å²) in [5.74, 6) is -0.679. The van der Waals surface area contributed by atoms with Crippen molar-refractivity contribution in [1.82, 2.24) is 0 Å². The fourth-order valence-electron chi connectivity index (χ4n) is 6.98. The zero-order valence-corrected chi connectivity index (χ0v) is 22.7. The Morgan fingerprint density at radius 2 is 1.57 bits per heavy atom. The number of Topliss-reactive ketones (excluding diaryl/α,β-unsaturated/α-hetero) is 3. The number of ether oxygens (including phenoxy) is 2. The number of hydrogen-bond donors (Lipinski definition) is 0. The molecule has 4 aromatic rings. The third kappa shape index (κ3) is 3.06. The first-order valence-electron chi connectivity index (χ1n) is 13.1. The predicted molar refractivity (Wildman–Crippen MR) is 154 cm³/mol. The first-order chi connectivity index (χ1) is 19.5. The van der Waals surface area contributed by atoms with Gasteiger partial charge in [-0.3, -0.25) is 14.4 Å². The van der Waals surface area contributed by atoms with Crippen LogP contribution in [0.5, 0.6) is 11.5 Å². The summed E-state index contributed by atoms with van der Waals surface area (Å²) < 4.78 is 11.5. The molecule has 3 unspecified atom stereocenters. The number of fused-ring (bicyclic) bond motifs is 5. The van der Waals surface area contributed by atoms with E-state index in [9.17, 15) is 14.4 Å². The number of nitrogens with zero attached hydrogens (tertiary/aromatic N) is 1. The normalized spacial score (nSPS) is 21.8. The summed E-state index contributed by atoms with van der Waals surface area (Å²) in [7, 11) is 3.08. The number of ketones is 3. The van der Waals surface area contributed by atoms with Gasteiger partial charge >= 0.3 is 0 Å². The second-order valence-electron chi connectivity index (χ2n) is 10.2. The molecule has 1 aliphatic carbocycles. The molecule has 1 saturated heterocycles. The summed E-state index contributed by atoms with van der Waals surface area (Å²) in [5, 5.41) is 1.86. The first-order valence-corrected chi connectivity index (χ1v) is 13.9. The Bertz CT molecular complexity index is 1690. The zero-order valence-electron chi connectivity index (χ0n) is 21.9. The molecule has 3 heterocycles. The molecule has 1 spiro atoms. The molecule has 0 saturated carbocycles. The summed E-state index contributed by atoms with van der Waals surface area (Å²) in [6.45, 7) is 0. The van der Waals surface area contributed by atoms with Crippen molar-refractivity contribution in [1.29, 1.82) is 0 Å². The van der Waals surface area contributed by atoms with Gasteiger partial charge in [-0.05, 0) is 29.1 Å². The fraction of sp³-hybridized carbons (Fsp3) is 0.182. The Labute approximate surface area is 235 Å². The van der Waals surface area contributed by atoms with Crippen molar-refractivity contribution >= 4 is 40.4 Å². The average molecular weight is 548 g/mol. The highest BCUT2D eigenvalue weighted by atomic mass is 32.1. The minimum atomic E-state index is -1.59. The van der Waals surface area contributed by atoms with Crippen LogP contribution in [0.15, 0.2) is 90.3 Å². The molecule has 7 rings (SSSR count). The summed E-state index contributed by atoms with van der Waals surface area (Å²) in [4.78, 5) is 46.6. The van der Waals surface area contributed by atoms with Crippen LogP contribution in [-0.4, -0.2) is 43.7 Å². The lowest BCUT2D eigenvalue weighted by molar-refractivity contribution is 0.0664. The van der Waals surface area contributed by atoms with Crippen molar-refractivity contribution in [3.63, 3.8) is 0 Å². The minimum Gasteiger partial charge on any atom is -0.493 e. The molecule has 0 N–H and O–H groups in total. The Kier molecular flexibility index (Phi) is 5.54. The van der Waals surface area contributed by atoms with Crippen LogP contribution in [-0.2, 0) is 0 Å². The molecule has 3 aromatic carbocycles. The van der Waals surface area contributed by atoms with Gasteiger partial charge in [-0.1, -0.05) is 72.8 Å². The second-order valence-corrected chi connectivity index (χ2v) is 11.1. The largest absolute Gasteiger partial charge is 0.493 e. The van der Waals surface area contributed by atoms with Gasteiger partial charge < -0.3 is 14.4 Å². The van der Waals surface area contributed by atoms with Gasteiger partial charge in [0.25, 0.3) is 0 Å². The van der Waals surface area contributed by atoms with Gasteiger partial charge in [-0.2, -0.15) is 0 Å². The number of carbonyl (C=O) groups excluding carboxylic acids is 3. The van der Waals surface area contributed by atoms with E-state index in [1.165, 1.54) is 18.4 Å². The average Bonchev–Trinajstić information content (AvgIpc) is 3.70. The van der Waals surface area contributed by atoms with Crippen LogP contribution in [0.1, 0.15) is 47.4 Å². The number of carbonyl (C=O) groups is 3. The van der Waals surface area contributed by atoms with E-state index in [-0.39, 0.29) is 17.3 Å². The lowest BCUT2D eigenvalue weighted by Crippen LogP contribution is -2.48. The maximum absolute atomic E-state index is 14.7. The molecule has 40 heavy (non-hydrogen) atoms. The number of thiophene rings is 1. The summed E-state index contributed by atoms with van der Waals surface area (Å²) >= 11 is 1.35. The van der Waals surface area contributed by atoms with E-state index in [0.717, 1.165) is 11.3 Å². The molecule has 198 valence electrons. The monoisotopic (exact) mass is 547 g/mol. The summed E-state index contributed by atoms with van der Waals surface area (Å²) in [6, 6.07) is 22.3. The standard InChI is InChI=1S/C33H25NO5S/c1-38-24-14-7-12-22(30(24)39-2)27-28(29(35)25-15-8-18-40-25)34-23-13-6-3-9-19(23)16-17-26(34)33(27)31(36)20-10-4-5-11-21(20)32(33)37/h3-18,26-28H,1-2H3. The number of para-hydroxylation sites is 2. The lowest BCUT2D eigenvalue weighted by atomic mass is 9.64. The Morgan fingerprint density at radius 1 is 0.850 bits per heavy atom. The van der Waals surface area contributed by atoms with Gasteiger partial charge in [0.2, 0.25) is 0 Å². The van der Waals surface area contributed by atoms with Crippen molar-refractivity contribution in [3.05, 3.63) is 117 Å². The molecular formula is C33H25NO5S. The maximum Gasteiger partial charge on any atom is 0.195 e. The van der Waals surface area contributed by atoms with Crippen molar-refractivity contribution in [2.45, 2.75) is 18.0 Å². The van der Waals surface area contributed by atoms with Crippen LogP contribution in [0.4, 0.5) is 5.69 Å². The van der Waals surface area contributed by atoms with Gasteiger partial charge in [0, 0.05) is 28.3 Å². The van der Waals surface area contributed by atoms with Crippen LogP contribution in [0.2, 0.25) is 0 Å². The van der Waals surface area contributed by atoms with Gasteiger partial charge in [-0.15, -0.1) is 11.3 Å². The van der Waals surface area contributed by atoms with E-state index in [2.05, 4.69) is 0 Å². The van der Waals surface area contributed by atoms with Crippen molar-refractivity contribution < 1.29 is 23.9 Å². The second kappa shape index (κ2) is 9.03. The maximum atomic E-state index is 14.7. The lowest BCUT2D eigenvalue weighted by Gasteiger charge is -2.37. The van der Waals surface area contributed by atoms with Gasteiger partial charge in [0.15, 0.2) is 28.8 Å². The van der Waals surface area contributed by atoms with Crippen LogP contribution in [0, 0.1) is 5.41 Å². The number of benzene rings is 3. The molecule has 7 heteroatoms. The molecule has 0 radical (unpaired) electrons. The third-order valence-electron chi connectivity index (χ3n) is 8.51. The number of hydrogen-bond acceptors (Lipinski definition) is 7. The third-order valence-corrected chi connectivity index (χ3v) is 9.40. The van der Waals surface area contributed by atoms with Crippen LogP contribution < -0.4 is 14.4 Å². The van der Waals surface area contributed by atoms with Gasteiger partial charge in [0.1, 0.15) is 11.5 Å². The van der Waals surface area contributed by atoms with E-state index < -0.39 is 23.4 Å². The molecule has 3 aliphatic rings. The van der Waals surface area contributed by atoms with Crippen LogP contribution >= 0.6 is 11.3 Å². The molecular weight excluding hydrogens is 522 g/mol. The Balaban J connectivity index is 1.59. The zero-order chi connectivity index (χ0) is 27.6. The van der Waals surface area contributed by atoms with E-state index in [4.69, 9.17) is 9.47 Å². The highest BCUT2D eigenvalue weighted by Crippen LogP contribution is 2.62. The van der Waals surface area contributed by atoms with Crippen LogP contribution in [0.3, 0.4) is 0 Å². The molecule has 0 amide bonds. The van der Waals surface area contributed by atoms with Crippen LogP contribution in [0.25, 0.3) is 6.08 Å². The van der Waals surface area contributed by atoms with E-state index >= 15 is 0 Å². The predicted octanol–water partition coefficient (Wildman–Crippen LogP) is 6.08.